The SMILES string of the molecule is N[C@@H]1CC(O[N+](=O)[O-])[C@@H](O[N+](=O)[O-])C1. The molecule has 14 heavy (non-hydrogen) atoms. The molecule has 0 aromatic carbocycles. The van der Waals surface area contributed by atoms with Crippen LogP contribution in [0, 0.1) is 20.2 Å². The van der Waals surface area contributed by atoms with Crippen molar-refractivity contribution in [2.45, 2.75) is 31.1 Å². The second-order valence-electron chi connectivity index (χ2n) is 2.97. The van der Waals surface area contributed by atoms with Crippen molar-refractivity contribution < 1.29 is 19.8 Å². The minimum Gasteiger partial charge on any atom is -0.328 e. The van der Waals surface area contributed by atoms with Crippen LogP contribution in [0.15, 0.2) is 0 Å². The Labute approximate surface area is 78.0 Å². The number of hydrogen-bond acceptors (Lipinski definition) is 7. The molecular weight excluding hydrogens is 198 g/mol. The molecule has 0 aliphatic heterocycles. The molecule has 1 unspecified atom stereocenters. The molecule has 0 radical (unpaired) electrons. The molecule has 0 spiro atoms. The van der Waals surface area contributed by atoms with Crippen molar-refractivity contribution in [3.8, 4) is 0 Å². The highest BCUT2D eigenvalue weighted by Gasteiger charge is 2.37. The summed E-state index contributed by atoms with van der Waals surface area (Å²) in [5, 5.41) is 18.0. The number of hydrogen-bond donors (Lipinski definition) is 1. The highest BCUT2D eigenvalue weighted by molar-refractivity contribution is 4.86. The molecule has 0 aromatic heterocycles. The lowest BCUT2D eigenvalue weighted by Gasteiger charge is -2.14. The van der Waals surface area contributed by atoms with E-state index in [4.69, 9.17) is 5.73 Å². The van der Waals surface area contributed by atoms with Gasteiger partial charge >= 0.3 is 0 Å². The molecule has 3 atom stereocenters. The maximum Gasteiger partial charge on any atom is 0.294 e. The molecular formula is C5H9N3O6. The van der Waals surface area contributed by atoms with Crippen LogP contribution in [0.25, 0.3) is 0 Å². The van der Waals surface area contributed by atoms with Gasteiger partial charge < -0.3 is 15.4 Å². The van der Waals surface area contributed by atoms with Crippen LogP contribution in [0.4, 0.5) is 0 Å². The topological polar surface area (TPSA) is 131 Å². The van der Waals surface area contributed by atoms with Crippen molar-refractivity contribution in [1.29, 1.82) is 0 Å². The molecule has 1 aliphatic carbocycles. The zero-order valence-corrected chi connectivity index (χ0v) is 7.07. The highest BCUT2D eigenvalue weighted by atomic mass is 17.0. The predicted molar refractivity (Wildman–Crippen MR) is 40.9 cm³/mol. The molecule has 9 nitrogen and oxygen atoms in total. The van der Waals surface area contributed by atoms with Crippen LogP contribution in [0.3, 0.4) is 0 Å². The van der Waals surface area contributed by atoms with E-state index in [2.05, 4.69) is 9.68 Å². The van der Waals surface area contributed by atoms with Crippen molar-refractivity contribution in [2.75, 3.05) is 0 Å². The van der Waals surface area contributed by atoms with E-state index in [1.165, 1.54) is 0 Å². The molecule has 1 aliphatic rings. The van der Waals surface area contributed by atoms with Crippen molar-refractivity contribution in [3.05, 3.63) is 20.2 Å². The molecule has 1 fully saturated rings. The molecule has 80 valence electrons. The third-order valence-electron chi connectivity index (χ3n) is 1.93. The molecule has 9 heteroatoms. The second kappa shape index (κ2) is 4.05. The van der Waals surface area contributed by atoms with Gasteiger partial charge in [-0.15, -0.1) is 20.2 Å². The summed E-state index contributed by atoms with van der Waals surface area (Å²) < 4.78 is 0. The van der Waals surface area contributed by atoms with E-state index in [0.717, 1.165) is 0 Å². The number of rotatable bonds is 4. The predicted octanol–water partition coefficient (Wildman–Crippen LogP) is -0.739. The Morgan fingerprint density at radius 2 is 1.43 bits per heavy atom. The minimum absolute atomic E-state index is 0.180. The van der Waals surface area contributed by atoms with Gasteiger partial charge in [-0.05, 0) is 12.8 Å². The summed E-state index contributed by atoms with van der Waals surface area (Å²) in [6.45, 7) is 0. The van der Waals surface area contributed by atoms with Crippen LogP contribution in [0.1, 0.15) is 12.8 Å². The largest absolute Gasteiger partial charge is 0.328 e. The Morgan fingerprint density at radius 3 is 1.71 bits per heavy atom. The van der Waals surface area contributed by atoms with Crippen LogP contribution in [-0.2, 0) is 9.68 Å². The summed E-state index contributed by atoms with van der Waals surface area (Å²) in [6, 6.07) is -0.370. The van der Waals surface area contributed by atoms with Gasteiger partial charge in [-0.1, -0.05) is 0 Å². The van der Waals surface area contributed by atoms with Gasteiger partial charge in [0.25, 0.3) is 10.2 Å². The zero-order chi connectivity index (χ0) is 10.7. The molecule has 1 saturated carbocycles. The van der Waals surface area contributed by atoms with Gasteiger partial charge in [0.1, 0.15) is 12.2 Å². The summed E-state index contributed by atoms with van der Waals surface area (Å²) >= 11 is 0. The van der Waals surface area contributed by atoms with Crippen LogP contribution in [-0.4, -0.2) is 28.4 Å². The minimum atomic E-state index is -1.00. The fraction of sp³-hybridized carbons (Fsp3) is 1.00. The van der Waals surface area contributed by atoms with Crippen LogP contribution in [0.5, 0.6) is 0 Å². The van der Waals surface area contributed by atoms with Gasteiger partial charge in [0.15, 0.2) is 0 Å². The number of nitrogens with two attached hydrogens (primary N) is 1. The molecule has 0 heterocycles. The third-order valence-corrected chi connectivity index (χ3v) is 1.93. The van der Waals surface area contributed by atoms with Crippen molar-refractivity contribution in [3.63, 3.8) is 0 Å². The Kier molecular flexibility index (Phi) is 3.02. The molecule has 0 saturated heterocycles. The molecule has 0 aromatic rings. The fourth-order valence-electron chi connectivity index (χ4n) is 1.44. The maximum absolute atomic E-state index is 10.0. The molecule has 0 bridgehead atoms. The maximum atomic E-state index is 10.0. The molecule has 2 N–H and O–H groups in total. The van der Waals surface area contributed by atoms with Gasteiger partial charge in [0, 0.05) is 6.04 Å². The Bertz CT molecular complexity index is 222. The first-order valence-electron chi connectivity index (χ1n) is 3.87. The summed E-state index contributed by atoms with van der Waals surface area (Å²) in [6.07, 6.45) is -1.55. The monoisotopic (exact) mass is 207 g/mol. The van der Waals surface area contributed by atoms with E-state index >= 15 is 0 Å². The van der Waals surface area contributed by atoms with Gasteiger partial charge in [-0.3, -0.25) is 0 Å². The zero-order valence-electron chi connectivity index (χ0n) is 7.07. The standard InChI is InChI=1S/C5H9N3O6/c6-3-1-4(13-7(9)10)5(2-3)14-8(11)12/h3-5H,1-2,6H2/t3-,4-,5?/m0/s1. The molecule has 1 rings (SSSR count). The van der Waals surface area contributed by atoms with Crippen LogP contribution in [0.2, 0.25) is 0 Å². The van der Waals surface area contributed by atoms with Gasteiger partial charge in [-0.2, -0.15) is 0 Å². The van der Waals surface area contributed by atoms with Crippen LogP contribution >= 0.6 is 0 Å². The highest BCUT2D eigenvalue weighted by Crippen LogP contribution is 2.24. The van der Waals surface area contributed by atoms with Gasteiger partial charge in [0.2, 0.25) is 0 Å². The Hall–Kier alpha value is -1.64. The fourth-order valence-corrected chi connectivity index (χ4v) is 1.44. The third kappa shape index (κ3) is 2.69. The first-order chi connectivity index (χ1) is 6.49. The van der Waals surface area contributed by atoms with E-state index in [-0.39, 0.29) is 18.9 Å². The lowest BCUT2D eigenvalue weighted by molar-refractivity contribution is -0.797. The van der Waals surface area contributed by atoms with E-state index < -0.39 is 22.4 Å². The smallest absolute Gasteiger partial charge is 0.294 e. The summed E-state index contributed by atoms with van der Waals surface area (Å²) in [5.74, 6) is 0. The summed E-state index contributed by atoms with van der Waals surface area (Å²) in [5.41, 5.74) is 5.46. The second-order valence-corrected chi connectivity index (χ2v) is 2.97. The van der Waals surface area contributed by atoms with Crippen molar-refractivity contribution in [2.24, 2.45) is 5.73 Å². The van der Waals surface area contributed by atoms with E-state index in [0.29, 0.717) is 0 Å². The lowest BCUT2D eigenvalue weighted by atomic mass is 10.3. The van der Waals surface area contributed by atoms with Crippen molar-refractivity contribution >= 4 is 0 Å². The molecule has 0 amide bonds. The van der Waals surface area contributed by atoms with E-state index in [9.17, 15) is 20.2 Å². The normalized spacial score (nSPS) is 31.1. The first-order valence-corrected chi connectivity index (χ1v) is 3.87. The Morgan fingerprint density at radius 1 is 1.07 bits per heavy atom. The number of nitrogens with zero attached hydrogens (tertiary/aromatic N) is 2. The van der Waals surface area contributed by atoms with Crippen LogP contribution < -0.4 is 5.73 Å². The lowest BCUT2D eigenvalue weighted by Crippen LogP contribution is -2.30. The summed E-state index contributed by atoms with van der Waals surface area (Å²) in [7, 11) is 0. The van der Waals surface area contributed by atoms with Crippen molar-refractivity contribution in [1.82, 2.24) is 0 Å². The first kappa shape index (κ1) is 10.4. The van der Waals surface area contributed by atoms with Gasteiger partial charge in [-0.25, -0.2) is 0 Å². The van der Waals surface area contributed by atoms with Gasteiger partial charge in [0.05, 0.1) is 0 Å². The quantitative estimate of drug-likeness (QED) is 0.474. The van der Waals surface area contributed by atoms with E-state index in [1.807, 2.05) is 0 Å². The Balaban J connectivity index is 2.53. The average Bonchev–Trinajstić information content (AvgIpc) is 2.28. The summed E-state index contributed by atoms with van der Waals surface area (Å²) in [4.78, 5) is 28.4. The average molecular weight is 207 g/mol. The van der Waals surface area contributed by atoms with E-state index in [1.54, 1.807) is 0 Å².